The Balaban J connectivity index is 3.02. The number of carbonyl (C=O) groups excluding carboxylic acids is 1. The van der Waals surface area contributed by atoms with Gasteiger partial charge in [-0.05, 0) is 12.1 Å². The molecule has 1 aromatic carbocycles. The molecular weight excluding hydrogens is 192 g/mol. The van der Waals surface area contributed by atoms with Crippen LogP contribution in [0.25, 0.3) is 0 Å². The summed E-state index contributed by atoms with van der Waals surface area (Å²) in [4.78, 5) is 10.9. The molecule has 1 atom stereocenters. The molecule has 13 heavy (non-hydrogen) atoms. The van der Waals surface area contributed by atoms with Crippen LogP contribution in [0.2, 0.25) is 0 Å². The largest absolute Gasteiger partial charge is 0.766 e. The summed E-state index contributed by atoms with van der Waals surface area (Å²) >= 11 is -2.72. The lowest BCUT2D eigenvalue weighted by molar-refractivity contribution is 0.107. The van der Waals surface area contributed by atoms with Gasteiger partial charge < -0.3 is 9.29 Å². The minimum absolute atomic E-state index is 0.104. The zero-order chi connectivity index (χ0) is 9.84. The first-order chi connectivity index (χ1) is 6.15. The van der Waals surface area contributed by atoms with Gasteiger partial charge in [-0.3, -0.25) is 9.00 Å². The fraction of sp³-hybridized carbons (Fsp3) is 0.125. The zero-order valence-corrected chi connectivity index (χ0v) is 7.67. The quantitative estimate of drug-likeness (QED) is 0.658. The van der Waals surface area contributed by atoms with Crippen molar-refractivity contribution in [3.63, 3.8) is 0 Å². The summed E-state index contributed by atoms with van der Waals surface area (Å²) in [5.41, 5.74) is 0.104. The minimum atomic E-state index is -2.72. The Morgan fingerprint density at radius 2 is 2.23 bits per heavy atom. The van der Waals surface area contributed by atoms with Gasteiger partial charge in [0.2, 0.25) is 5.12 Å². The van der Waals surface area contributed by atoms with Crippen LogP contribution in [0.5, 0.6) is 5.75 Å². The Labute approximate surface area is 77.8 Å². The summed E-state index contributed by atoms with van der Waals surface area (Å²) < 4.78 is 25.4. The number of carbonyl (C=O) groups is 1. The van der Waals surface area contributed by atoms with E-state index in [1.807, 2.05) is 0 Å². The fourth-order valence-electron chi connectivity index (χ4n) is 0.846. The standard InChI is InChI=1S/C8H8O4S/c1-12-7-4-2-3-6(5-7)8(9)13(10)11/h2-5H,1H3,(H,10,11)/p-1. The van der Waals surface area contributed by atoms with Gasteiger partial charge in [0.05, 0.1) is 7.11 Å². The molecule has 0 aliphatic carbocycles. The van der Waals surface area contributed by atoms with Crippen LogP contribution in [0.4, 0.5) is 0 Å². The average Bonchev–Trinajstić information content (AvgIpc) is 2.16. The minimum Gasteiger partial charge on any atom is -0.766 e. The van der Waals surface area contributed by atoms with Crippen LogP contribution in [0.1, 0.15) is 10.4 Å². The predicted octanol–water partition coefficient (Wildman–Crippen LogP) is 0.714. The lowest BCUT2D eigenvalue weighted by Crippen LogP contribution is -2.06. The van der Waals surface area contributed by atoms with Crippen molar-refractivity contribution in [1.29, 1.82) is 0 Å². The third kappa shape index (κ3) is 2.37. The SMILES string of the molecule is COc1cccc(C(=O)S(=O)[O-])c1. The Kier molecular flexibility index (Phi) is 3.16. The van der Waals surface area contributed by atoms with Crippen LogP contribution in [-0.2, 0) is 11.1 Å². The average molecular weight is 199 g/mol. The Hall–Kier alpha value is -1.20. The van der Waals surface area contributed by atoms with Gasteiger partial charge in [0, 0.05) is 16.6 Å². The van der Waals surface area contributed by atoms with Crippen LogP contribution >= 0.6 is 0 Å². The van der Waals surface area contributed by atoms with Gasteiger partial charge in [-0.25, -0.2) is 0 Å². The number of hydrogen-bond donors (Lipinski definition) is 0. The normalized spacial score (nSPS) is 12.2. The van der Waals surface area contributed by atoms with Gasteiger partial charge in [0.25, 0.3) is 0 Å². The van der Waals surface area contributed by atoms with Crippen molar-refractivity contribution in [1.82, 2.24) is 0 Å². The second-order valence-corrected chi connectivity index (χ2v) is 3.09. The summed E-state index contributed by atoms with van der Waals surface area (Å²) in [6.07, 6.45) is 0. The van der Waals surface area contributed by atoms with E-state index in [0.29, 0.717) is 5.75 Å². The van der Waals surface area contributed by atoms with Crippen LogP contribution in [0.3, 0.4) is 0 Å². The van der Waals surface area contributed by atoms with E-state index in [1.54, 1.807) is 12.1 Å². The summed E-state index contributed by atoms with van der Waals surface area (Å²) in [6, 6.07) is 5.97. The van der Waals surface area contributed by atoms with Gasteiger partial charge in [-0.1, -0.05) is 12.1 Å². The van der Waals surface area contributed by atoms with E-state index < -0.39 is 16.2 Å². The molecule has 4 nitrogen and oxygen atoms in total. The molecule has 0 N–H and O–H groups in total. The Morgan fingerprint density at radius 3 is 2.77 bits per heavy atom. The van der Waals surface area contributed by atoms with E-state index in [2.05, 4.69) is 0 Å². The van der Waals surface area contributed by atoms with E-state index in [-0.39, 0.29) is 5.56 Å². The molecule has 0 radical (unpaired) electrons. The number of ether oxygens (including phenoxy) is 1. The number of methoxy groups -OCH3 is 1. The molecule has 0 saturated carbocycles. The predicted molar refractivity (Wildman–Crippen MR) is 46.2 cm³/mol. The molecule has 0 aliphatic rings. The molecule has 1 aromatic rings. The number of benzene rings is 1. The Morgan fingerprint density at radius 1 is 1.54 bits per heavy atom. The molecule has 0 bridgehead atoms. The fourth-order valence-corrected chi connectivity index (χ4v) is 1.17. The van der Waals surface area contributed by atoms with Crippen LogP contribution in [0.15, 0.2) is 24.3 Å². The molecule has 1 rings (SSSR count). The van der Waals surface area contributed by atoms with Crippen LogP contribution < -0.4 is 4.74 Å². The number of hydrogen-bond acceptors (Lipinski definition) is 4. The van der Waals surface area contributed by atoms with Crippen molar-refractivity contribution in [3.8, 4) is 5.75 Å². The number of rotatable bonds is 2. The van der Waals surface area contributed by atoms with E-state index >= 15 is 0 Å². The van der Waals surface area contributed by atoms with Gasteiger partial charge >= 0.3 is 0 Å². The molecular formula is C8H7O4S-. The third-order valence-electron chi connectivity index (χ3n) is 1.46. The van der Waals surface area contributed by atoms with E-state index in [0.717, 1.165) is 0 Å². The van der Waals surface area contributed by atoms with Crippen molar-refractivity contribution >= 4 is 16.2 Å². The monoisotopic (exact) mass is 199 g/mol. The highest BCUT2D eigenvalue weighted by atomic mass is 32.2. The third-order valence-corrected chi connectivity index (χ3v) is 2.00. The highest BCUT2D eigenvalue weighted by Gasteiger charge is 2.06. The molecule has 0 saturated heterocycles. The maximum absolute atomic E-state index is 10.9. The second kappa shape index (κ2) is 4.15. The van der Waals surface area contributed by atoms with Crippen molar-refractivity contribution in [2.75, 3.05) is 7.11 Å². The van der Waals surface area contributed by atoms with Crippen molar-refractivity contribution in [2.24, 2.45) is 0 Å². The van der Waals surface area contributed by atoms with Crippen LogP contribution in [0, 0.1) is 0 Å². The molecule has 0 heterocycles. The lowest BCUT2D eigenvalue weighted by Gasteiger charge is -2.04. The van der Waals surface area contributed by atoms with Crippen molar-refractivity contribution in [3.05, 3.63) is 29.8 Å². The first-order valence-corrected chi connectivity index (χ1v) is 4.50. The maximum Gasteiger partial charge on any atom is 0.236 e. The maximum atomic E-state index is 10.9. The summed E-state index contributed by atoms with van der Waals surface area (Å²) in [6.45, 7) is 0. The van der Waals surface area contributed by atoms with Crippen LogP contribution in [-0.4, -0.2) is 21.0 Å². The van der Waals surface area contributed by atoms with Crippen molar-refractivity contribution in [2.45, 2.75) is 0 Å². The molecule has 1 unspecified atom stereocenters. The second-order valence-electron chi connectivity index (χ2n) is 2.25. The van der Waals surface area contributed by atoms with Gasteiger partial charge in [0.1, 0.15) is 5.75 Å². The Bertz CT molecular complexity index is 348. The first-order valence-electron chi connectivity index (χ1n) is 3.43. The lowest BCUT2D eigenvalue weighted by atomic mass is 10.2. The molecule has 0 aliphatic heterocycles. The summed E-state index contributed by atoms with van der Waals surface area (Å²) in [7, 11) is 1.44. The van der Waals surface area contributed by atoms with E-state index in [9.17, 15) is 13.6 Å². The van der Waals surface area contributed by atoms with Gasteiger partial charge in [0.15, 0.2) is 0 Å². The highest BCUT2D eigenvalue weighted by Crippen LogP contribution is 2.13. The smallest absolute Gasteiger partial charge is 0.236 e. The first kappa shape index (κ1) is 9.88. The van der Waals surface area contributed by atoms with E-state index in [4.69, 9.17) is 4.74 Å². The van der Waals surface area contributed by atoms with Gasteiger partial charge in [-0.2, -0.15) is 0 Å². The topological polar surface area (TPSA) is 66.4 Å². The summed E-state index contributed by atoms with van der Waals surface area (Å²) in [5, 5.41) is -0.932. The van der Waals surface area contributed by atoms with E-state index in [1.165, 1.54) is 19.2 Å². The highest BCUT2D eigenvalue weighted by molar-refractivity contribution is 7.95. The zero-order valence-electron chi connectivity index (χ0n) is 6.85. The van der Waals surface area contributed by atoms with Crippen molar-refractivity contribution < 1.29 is 18.3 Å². The summed E-state index contributed by atoms with van der Waals surface area (Å²) in [5.74, 6) is 0.455. The molecule has 0 spiro atoms. The molecule has 70 valence electrons. The van der Waals surface area contributed by atoms with Gasteiger partial charge in [-0.15, -0.1) is 0 Å². The molecule has 0 fully saturated rings. The molecule has 0 aromatic heterocycles. The molecule has 5 heteroatoms. The molecule has 0 amide bonds.